The largest absolute Gasteiger partial charge is 0.495 e. The minimum atomic E-state index is -3.79. The van der Waals surface area contributed by atoms with E-state index in [1.165, 1.54) is 29.6 Å². The second-order valence-corrected chi connectivity index (χ2v) is 7.61. The first-order valence-corrected chi connectivity index (χ1v) is 10.0. The van der Waals surface area contributed by atoms with E-state index in [0.29, 0.717) is 23.5 Å². The van der Waals surface area contributed by atoms with Crippen molar-refractivity contribution in [2.24, 2.45) is 0 Å². The van der Waals surface area contributed by atoms with E-state index in [-0.39, 0.29) is 23.8 Å². The minimum Gasteiger partial charge on any atom is -0.495 e. The molecule has 2 rings (SSSR count). The smallest absolute Gasteiger partial charge is 0.264 e. The summed E-state index contributed by atoms with van der Waals surface area (Å²) >= 11 is 0. The molecule has 0 bridgehead atoms. The van der Waals surface area contributed by atoms with Gasteiger partial charge < -0.3 is 10.1 Å². The zero-order valence-corrected chi connectivity index (χ0v) is 16.3. The molecule has 0 atom stereocenters. The number of nitrogens with one attached hydrogen (secondary N) is 1. The van der Waals surface area contributed by atoms with E-state index in [2.05, 4.69) is 11.9 Å². The molecule has 0 spiro atoms. The van der Waals surface area contributed by atoms with Gasteiger partial charge in [-0.05, 0) is 43.7 Å². The number of benzene rings is 2. The zero-order chi connectivity index (χ0) is 19.9. The van der Waals surface area contributed by atoms with Crippen LogP contribution in [0.3, 0.4) is 0 Å². The van der Waals surface area contributed by atoms with Gasteiger partial charge in [-0.2, -0.15) is 0 Å². The number of amides is 1. The first-order valence-electron chi connectivity index (χ1n) is 8.60. The van der Waals surface area contributed by atoms with E-state index < -0.39 is 10.0 Å². The monoisotopic (exact) mass is 388 g/mol. The fourth-order valence-electron chi connectivity index (χ4n) is 2.60. The highest BCUT2D eigenvalue weighted by Crippen LogP contribution is 2.30. The molecule has 0 aliphatic heterocycles. The number of nitrogens with zero attached hydrogens (tertiary/aromatic N) is 1. The molecular formula is C20H24N2O4S. The van der Waals surface area contributed by atoms with Crippen LogP contribution in [0.2, 0.25) is 0 Å². The number of para-hydroxylation sites is 1. The lowest BCUT2D eigenvalue weighted by Gasteiger charge is -2.23. The second-order valence-electron chi connectivity index (χ2n) is 5.74. The zero-order valence-electron chi connectivity index (χ0n) is 15.5. The molecule has 0 fully saturated rings. The van der Waals surface area contributed by atoms with Gasteiger partial charge in [-0.3, -0.25) is 9.10 Å². The summed E-state index contributed by atoms with van der Waals surface area (Å²) in [5.74, 6) is 0.154. The summed E-state index contributed by atoms with van der Waals surface area (Å²) in [5.41, 5.74) is 0.893. The third-order valence-electron chi connectivity index (χ3n) is 3.94. The molecule has 1 amide bonds. The van der Waals surface area contributed by atoms with Gasteiger partial charge in [0.25, 0.3) is 10.0 Å². The lowest BCUT2D eigenvalue weighted by Crippen LogP contribution is -2.30. The van der Waals surface area contributed by atoms with Crippen LogP contribution in [0.5, 0.6) is 5.75 Å². The van der Waals surface area contributed by atoms with Gasteiger partial charge >= 0.3 is 0 Å². The number of hydrogen-bond acceptors (Lipinski definition) is 4. The number of carbonyl (C=O) groups is 1. The average molecular weight is 388 g/mol. The highest BCUT2D eigenvalue weighted by Gasteiger charge is 2.25. The van der Waals surface area contributed by atoms with E-state index in [1.807, 2.05) is 6.07 Å². The molecular weight excluding hydrogens is 364 g/mol. The maximum Gasteiger partial charge on any atom is 0.264 e. The Balaban J connectivity index is 2.40. The maximum atomic E-state index is 13.1. The summed E-state index contributed by atoms with van der Waals surface area (Å²) in [4.78, 5) is 12.1. The number of carbonyl (C=O) groups excluding carboxylic acids is 1. The fraction of sp³-hybridized carbons (Fsp3) is 0.250. The Morgan fingerprint density at radius 3 is 2.52 bits per heavy atom. The van der Waals surface area contributed by atoms with Crippen LogP contribution in [-0.4, -0.2) is 28.0 Å². The molecule has 0 radical (unpaired) electrons. The van der Waals surface area contributed by atoms with Crippen molar-refractivity contribution in [3.05, 3.63) is 61.2 Å². The van der Waals surface area contributed by atoms with Gasteiger partial charge in [-0.1, -0.05) is 24.3 Å². The summed E-state index contributed by atoms with van der Waals surface area (Å²) in [5, 5.41) is 2.71. The Labute approximate surface area is 160 Å². The number of methoxy groups -OCH3 is 1. The fourth-order valence-corrected chi connectivity index (χ4v) is 4.10. The van der Waals surface area contributed by atoms with E-state index in [9.17, 15) is 13.2 Å². The maximum absolute atomic E-state index is 13.1. The normalized spacial score (nSPS) is 10.9. The van der Waals surface area contributed by atoms with Crippen LogP contribution in [0.15, 0.2) is 66.1 Å². The van der Waals surface area contributed by atoms with Gasteiger partial charge in [-0.25, -0.2) is 8.42 Å². The van der Waals surface area contributed by atoms with Gasteiger partial charge in [0.05, 0.1) is 23.4 Å². The predicted octanol–water partition coefficient (Wildman–Crippen LogP) is 3.82. The Hall–Kier alpha value is -2.80. The van der Waals surface area contributed by atoms with Gasteiger partial charge in [0.2, 0.25) is 5.91 Å². The van der Waals surface area contributed by atoms with Crippen molar-refractivity contribution in [3.63, 3.8) is 0 Å². The Morgan fingerprint density at radius 2 is 1.93 bits per heavy atom. The van der Waals surface area contributed by atoms with Crippen molar-refractivity contribution in [3.8, 4) is 5.75 Å². The van der Waals surface area contributed by atoms with Crippen molar-refractivity contribution in [2.75, 3.05) is 23.3 Å². The Morgan fingerprint density at radius 1 is 1.22 bits per heavy atom. The van der Waals surface area contributed by atoms with E-state index in [0.717, 1.165) is 0 Å². The van der Waals surface area contributed by atoms with Crippen LogP contribution in [0, 0.1) is 0 Å². The van der Waals surface area contributed by atoms with Gasteiger partial charge in [0.1, 0.15) is 5.75 Å². The molecule has 0 saturated heterocycles. The molecule has 0 unspecified atom stereocenters. The van der Waals surface area contributed by atoms with Gasteiger partial charge in [-0.15, -0.1) is 6.58 Å². The molecule has 0 heterocycles. The topological polar surface area (TPSA) is 75.7 Å². The molecule has 2 aromatic carbocycles. The van der Waals surface area contributed by atoms with Crippen molar-refractivity contribution in [1.82, 2.24) is 0 Å². The average Bonchev–Trinajstić information content (AvgIpc) is 2.67. The third kappa shape index (κ3) is 4.89. The number of anilines is 2. The standard InChI is InChI=1S/C20H24N2O4S/c1-4-6-12-20(23)21-18-15-17(13-14-19(18)26-3)27(24,25)22(5-2)16-10-8-7-9-11-16/h4,7-11,13-15H,1,5-6,12H2,2-3H3,(H,21,23). The summed E-state index contributed by atoms with van der Waals surface area (Å²) in [6.07, 6.45) is 2.44. The van der Waals surface area contributed by atoms with Crippen LogP contribution in [0.1, 0.15) is 19.8 Å². The molecule has 7 heteroatoms. The van der Waals surface area contributed by atoms with Crippen LogP contribution in [0.25, 0.3) is 0 Å². The molecule has 0 aliphatic rings. The molecule has 0 saturated carbocycles. The van der Waals surface area contributed by atoms with Crippen LogP contribution in [-0.2, 0) is 14.8 Å². The molecule has 27 heavy (non-hydrogen) atoms. The van der Waals surface area contributed by atoms with Crippen molar-refractivity contribution in [2.45, 2.75) is 24.7 Å². The summed E-state index contributed by atoms with van der Waals surface area (Å²) in [7, 11) is -2.33. The Bertz CT molecular complexity index is 895. The van der Waals surface area contributed by atoms with Crippen molar-refractivity contribution >= 4 is 27.3 Å². The van der Waals surface area contributed by atoms with Crippen molar-refractivity contribution < 1.29 is 17.9 Å². The lowest BCUT2D eigenvalue weighted by atomic mass is 10.2. The van der Waals surface area contributed by atoms with Crippen LogP contribution >= 0.6 is 0 Å². The molecule has 2 aromatic rings. The van der Waals surface area contributed by atoms with Gasteiger partial charge in [0, 0.05) is 13.0 Å². The number of ether oxygens (including phenoxy) is 1. The lowest BCUT2D eigenvalue weighted by molar-refractivity contribution is -0.116. The van der Waals surface area contributed by atoms with Crippen LogP contribution < -0.4 is 14.4 Å². The van der Waals surface area contributed by atoms with E-state index >= 15 is 0 Å². The number of allylic oxidation sites excluding steroid dienone is 1. The second kappa shape index (κ2) is 9.23. The molecule has 1 N–H and O–H groups in total. The van der Waals surface area contributed by atoms with E-state index in [4.69, 9.17) is 4.74 Å². The molecule has 0 aromatic heterocycles. The summed E-state index contributed by atoms with van der Waals surface area (Å²) < 4.78 is 32.8. The molecule has 0 aliphatic carbocycles. The minimum absolute atomic E-state index is 0.0769. The molecule has 6 nitrogen and oxygen atoms in total. The van der Waals surface area contributed by atoms with Crippen molar-refractivity contribution in [1.29, 1.82) is 0 Å². The number of sulfonamides is 1. The highest BCUT2D eigenvalue weighted by atomic mass is 32.2. The quantitative estimate of drug-likeness (QED) is 0.663. The van der Waals surface area contributed by atoms with E-state index in [1.54, 1.807) is 37.3 Å². The third-order valence-corrected chi connectivity index (χ3v) is 5.84. The SMILES string of the molecule is C=CCCC(=O)Nc1cc(S(=O)(=O)N(CC)c2ccccc2)ccc1OC. The predicted molar refractivity (Wildman–Crippen MR) is 108 cm³/mol. The highest BCUT2D eigenvalue weighted by molar-refractivity contribution is 7.92. The van der Waals surface area contributed by atoms with Gasteiger partial charge in [0.15, 0.2) is 0 Å². The Kier molecular flexibility index (Phi) is 7.01. The summed E-state index contributed by atoms with van der Waals surface area (Å²) in [6, 6.07) is 13.3. The first-order chi connectivity index (χ1) is 12.9. The molecule has 144 valence electrons. The summed E-state index contributed by atoms with van der Waals surface area (Å²) in [6.45, 7) is 5.63. The number of hydrogen-bond donors (Lipinski definition) is 1. The van der Waals surface area contributed by atoms with Crippen LogP contribution in [0.4, 0.5) is 11.4 Å². The first kappa shape index (κ1) is 20.5. The number of rotatable bonds is 9.